The van der Waals surface area contributed by atoms with Crippen LogP contribution in [0.25, 0.3) is 0 Å². The molecule has 3 heterocycles. The largest absolute Gasteiger partial charge is 0.469 e. The fourth-order valence-electron chi connectivity index (χ4n) is 5.77. The van der Waals surface area contributed by atoms with Gasteiger partial charge in [0.2, 0.25) is 0 Å². The summed E-state index contributed by atoms with van der Waals surface area (Å²) in [6.07, 6.45) is 6.12. The minimum absolute atomic E-state index is 0.158. The van der Waals surface area contributed by atoms with Crippen molar-refractivity contribution in [2.75, 3.05) is 60.0 Å². The van der Waals surface area contributed by atoms with Gasteiger partial charge in [-0.1, -0.05) is 43.2 Å². The van der Waals surface area contributed by atoms with Gasteiger partial charge in [0, 0.05) is 45.8 Å². The lowest BCUT2D eigenvalue weighted by atomic mass is 9.90. The molecule has 4 rings (SSSR count). The van der Waals surface area contributed by atoms with Gasteiger partial charge in [0.05, 0.1) is 20.1 Å². The number of methoxy groups -OCH3 is 1. The van der Waals surface area contributed by atoms with Crippen LogP contribution in [0.2, 0.25) is 0 Å². The normalized spacial score (nSPS) is 25.1. The lowest BCUT2D eigenvalue weighted by Crippen LogP contribution is -2.57. The van der Waals surface area contributed by atoms with Crippen molar-refractivity contribution < 1.29 is 19.1 Å². The van der Waals surface area contributed by atoms with Gasteiger partial charge in [-0.15, -0.1) is 0 Å². The zero-order valence-electron chi connectivity index (χ0n) is 21.4. The van der Waals surface area contributed by atoms with Crippen molar-refractivity contribution >= 4 is 12.1 Å². The molecule has 8 nitrogen and oxygen atoms in total. The monoisotopic (exact) mass is 486 g/mol. The second-order valence-corrected chi connectivity index (χ2v) is 10.4. The molecule has 3 saturated heterocycles. The lowest BCUT2D eigenvalue weighted by Gasteiger charge is -2.43. The van der Waals surface area contributed by atoms with E-state index in [2.05, 4.69) is 45.0 Å². The first-order chi connectivity index (χ1) is 17.0. The number of likely N-dealkylation sites (tertiary alicyclic amines) is 1. The quantitative estimate of drug-likeness (QED) is 0.471. The molecule has 8 heteroatoms. The zero-order valence-corrected chi connectivity index (χ0v) is 21.4. The van der Waals surface area contributed by atoms with Crippen molar-refractivity contribution in [3.05, 3.63) is 35.9 Å². The first-order valence-corrected chi connectivity index (χ1v) is 13.2. The first-order valence-electron chi connectivity index (χ1n) is 13.2. The minimum atomic E-state index is -0.232. The number of piperazine rings is 1. The van der Waals surface area contributed by atoms with Crippen LogP contribution in [-0.4, -0.2) is 104 Å². The molecule has 1 aromatic rings. The number of piperidine rings is 1. The van der Waals surface area contributed by atoms with Crippen molar-refractivity contribution in [2.45, 2.75) is 57.3 Å². The standard InChI is InChI=1S/C27H42N4O4/c1-28-21-25(35-27(28)33)31-18-17-30(16-13-26(32)34-2)20-24(31)10-6-9-22-11-14-29(15-12-22)19-23-7-4-3-5-8-23/h3-5,7-8,22,24-25H,6,9-21H2,1-2H3. The van der Waals surface area contributed by atoms with E-state index in [1.807, 2.05) is 0 Å². The molecule has 3 fully saturated rings. The summed E-state index contributed by atoms with van der Waals surface area (Å²) in [5.74, 6) is 0.638. The Morgan fingerprint density at radius 1 is 1.03 bits per heavy atom. The van der Waals surface area contributed by atoms with Crippen molar-refractivity contribution in [2.24, 2.45) is 5.92 Å². The van der Waals surface area contributed by atoms with E-state index < -0.39 is 0 Å². The van der Waals surface area contributed by atoms with Gasteiger partial charge in [0.25, 0.3) is 0 Å². The predicted octanol–water partition coefficient (Wildman–Crippen LogP) is 3.03. The average Bonchev–Trinajstić information content (AvgIpc) is 3.22. The van der Waals surface area contributed by atoms with Gasteiger partial charge in [0.1, 0.15) is 0 Å². The van der Waals surface area contributed by atoms with E-state index in [1.54, 1.807) is 11.9 Å². The Morgan fingerprint density at radius 2 is 1.80 bits per heavy atom. The van der Waals surface area contributed by atoms with E-state index in [0.29, 0.717) is 19.0 Å². The Kier molecular flexibility index (Phi) is 9.40. The molecule has 0 radical (unpaired) electrons. The fourth-order valence-corrected chi connectivity index (χ4v) is 5.77. The van der Waals surface area contributed by atoms with Crippen molar-refractivity contribution in [1.29, 1.82) is 0 Å². The van der Waals surface area contributed by atoms with Gasteiger partial charge in [-0.2, -0.15) is 0 Å². The molecule has 2 unspecified atom stereocenters. The molecule has 3 aliphatic rings. The third kappa shape index (κ3) is 7.41. The number of carbonyl (C=O) groups is 2. The highest BCUT2D eigenvalue weighted by Gasteiger charge is 2.39. The SMILES string of the molecule is COC(=O)CCN1CCN(C2CN(C)C(=O)O2)C(CCCC2CCN(Cc3ccccc3)CC2)C1. The van der Waals surface area contributed by atoms with E-state index in [1.165, 1.54) is 51.4 Å². The van der Waals surface area contributed by atoms with Crippen LogP contribution in [0.3, 0.4) is 0 Å². The van der Waals surface area contributed by atoms with Crippen LogP contribution in [-0.2, 0) is 20.8 Å². The average molecular weight is 487 g/mol. The van der Waals surface area contributed by atoms with Crippen LogP contribution in [0.15, 0.2) is 30.3 Å². The van der Waals surface area contributed by atoms with E-state index >= 15 is 0 Å². The van der Waals surface area contributed by atoms with Gasteiger partial charge < -0.3 is 14.4 Å². The maximum Gasteiger partial charge on any atom is 0.411 e. The summed E-state index contributed by atoms with van der Waals surface area (Å²) in [7, 11) is 3.24. The molecular weight excluding hydrogens is 444 g/mol. The number of hydrogen-bond donors (Lipinski definition) is 0. The van der Waals surface area contributed by atoms with E-state index in [4.69, 9.17) is 9.47 Å². The molecule has 1 amide bonds. The van der Waals surface area contributed by atoms with Crippen molar-refractivity contribution in [3.8, 4) is 0 Å². The molecule has 2 atom stereocenters. The number of cyclic esters (lactones) is 1. The molecule has 0 N–H and O–H groups in total. The molecule has 0 saturated carbocycles. The maximum atomic E-state index is 12.0. The second kappa shape index (κ2) is 12.7. The topological polar surface area (TPSA) is 65.6 Å². The molecule has 0 aliphatic carbocycles. The second-order valence-electron chi connectivity index (χ2n) is 10.4. The highest BCUT2D eigenvalue weighted by molar-refractivity contribution is 5.69. The summed E-state index contributed by atoms with van der Waals surface area (Å²) in [5, 5.41) is 0. The lowest BCUT2D eigenvalue weighted by molar-refractivity contribution is -0.141. The van der Waals surface area contributed by atoms with Crippen molar-refractivity contribution in [1.82, 2.24) is 19.6 Å². The number of rotatable bonds is 10. The van der Waals surface area contributed by atoms with Gasteiger partial charge in [-0.05, 0) is 43.8 Å². The zero-order chi connectivity index (χ0) is 24.6. The fraction of sp³-hybridized carbons (Fsp3) is 0.704. The summed E-state index contributed by atoms with van der Waals surface area (Å²) in [5.41, 5.74) is 1.40. The van der Waals surface area contributed by atoms with Gasteiger partial charge in [0.15, 0.2) is 6.23 Å². The Bertz CT molecular complexity index is 815. The molecule has 0 bridgehead atoms. The Balaban J connectivity index is 1.24. The number of amides is 1. The molecule has 3 aliphatic heterocycles. The molecule has 0 spiro atoms. The molecule has 35 heavy (non-hydrogen) atoms. The summed E-state index contributed by atoms with van der Waals surface area (Å²) < 4.78 is 10.5. The number of ether oxygens (including phenoxy) is 2. The summed E-state index contributed by atoms with van der Waals surface area (Å²) in [6, 6.07) is 11.1. The number of hydrogen-bond acceptors (Lipinski definition) is 7. The third-order valence-corrected chi connectivity index (χ3v) is 7.93. The van der Waals surface area contributed by atoms with Crippen LogP contribution < -0.4 is 0 Å². The Hall–Kier alpha value is -2.16. The van der Waals surface area contributed by atoms with Crippen LogP contribution in [0.4, 0.5) is 4.79 Å². The van der Waals surface area contributed by atoms with Gasteiger partial charge >= 0.3 is 12.1 Å². The van der Waals surface area contributed by atoms with E-state index in [9.17, 15) is 9.59 Å². The summed E-state index contributed by atoms with van der Waals surface area (Å²) in [6.45, 7) is 7.41. The minimum Gasteiger partial charge on any atom is -0.469 e. The number of nitrogens with zero attached hydrogens (tertiary/aromatic N) is 4. The Morgan fingerprint density at radius 3 is 2.49 bits per heavy atom. The first kappa shape index (κ1) is 25.9. The highest BCUT2D eigenvalue weighted by Crippen LogP contribution is 2.27. The highest BCUT2D eigenvalue weighted by atomic mass is 16.6. The smallest absolute Gasteiger partial charge is 0.411 e. The molecular formula is C27H42N4O4. The summed E-state index contributed by atoms with van der Waals surface area (Å²) >= 11 is 0. The Labute approximate surface area is 210 Å². The maximum absolute atomic E-state index is 12.0. The van der Waals surface area contributed by atoms with Gasteiger partial charge in [-0.25, -0.2) is 4.79 Å². The number of likely N-dealkylation sites (N-methyl/N-ethyl adjacent to an activating group) is 1. The van der Waals surface area contributed by atoms with E-state index in [-0.39, 0.29) is 18.3 Å². The predicted molar refractivity (Wildman–Crippen MR) is 135 cm³/mol. The number of carbonyl (C=O) groups excluding carboxylic acids is 2. The van der Waals surface area contributed by atoms with Crippen LogP contribution >= 0.6 is 0 Å². The number of esters is 1. The molecule has 1 aromatic carbocycles. The molecule has 194 valence electrons. The third-order valence-electron chi connectivity index (χ3n) is 7.93. The van der Waals surface area contributed by atoms with Gasteiger partial charge in [-0.3, -0.25) is 19.5 Å². The van der Waals surface area contributed by atoms with Crippen molar-refractivity contribution in [3.63, 3.8) is 0 Å². The summed E-state index contributed by atoms with van der Waals surface area (Å²) in [4.78, 5) is 32.6. The number of benzene rings is 1. The van der Waals surface area contributed by atoms with Crippen LogP contribution in [0.5, 0.6) is 0 Å². The van der Waals surface area contributed by atoms with Crippen LogP contribution in [0.1, 0.15) is 44.1 Å². The van der Waals surface area contributed by atoms with Crippen LogP contribution in [0, 0.1) is 5.92 Å². The molecule has 0 aromatic heterocycles. The van der Waals surface area contributed by atoms with E-state index in [0.717, 1.165) is 45.1 Å².